The summed E-state index contributed by atoms with van der Waals surface area (Å²) in [5, 5.41) is 10.2. The van der Waals surface area contributed by atoms with Crippen LogP contribution >= 0.6 is 11.5 Å². The van der Waals surface area contributed by atoms with Gasteiger partial charge in [0.2, 0.25) is 11.1 Å². The van der Waals surface area contributed by atoms with E-state index in [-0.39, 0.29) is 6.10 Å². The van der Waals surface area contributed by atoms with Gasteiger partial charge in [-0.15, -0.1) is 0 Å². The number of anilines is 2. The van der Waals surface area contributed by atoms with Gasteiger partial charge in [-0.3, -0.25) is 0 Å². The first kappa shape index (κ1) is 8.71. The molecule has 1 aromatic heterocycles. The van der Waals surface area contributed by atoms with Crippen LogP contribution in [0.2, 0.25) is 0 Å². The number of aromatic nitrogens is 2. The van der Waals surface area contributed by atoms with Gasteiger partial charge in [0.05, 0.1) is 6.10 Å². The smallest absolute Gasteiger partial charge is 0.233 e. The largest absolute Gasteiger partial charge is 0.391 e. The van der Waals surface area contributed by atoms with E-state index in [1.54, 1.807) is 0 Å². The van der Waals surface area contributed by atoms with E-state index in [4.69, 9.17) is 5.73 Å². The van der Waals surface area contributed by atoms with E-state index in [0.717, 1.165) is 24.5 Å². The molecule has 13 heavy (non-hydrogen) atoms. The van der Waals surface area contributed by atoms with Gasteiger partial charge in [-0.25, -0.2) is 0 Å². The highest BCUT2D eigenvalue weighted by Gasteiger charge is 2.20. The lowest BCUT2D eigenvalue weighted by atomic mass is 10.1. The van der Waals surface area contributed by atoms with Crippen LogP contribution in [-0.2, 0) is 0 Å². The zero-order valence-electron chi connectivity index (χ0n) is 7.18. The van der Waals surface area contributed by atoms with Crippen molar-refractivity contribution in [1.29, 1.82) is 0 Å². The van der Waals surface area contributed by atoms with Crippen molar-refractivity contribution in [2.75, 3.05) is 23.7 Å². The zero-order chi connectivity index (χ0) is 9.26. The summed E-state index contributed by atoms with van der Waals surface area (Å²) in [6.07, 6.45) is 1.64. The maximum absolute atomic E-state index is 9.43. The number of piperidine rings is 1. The predicted molar refractivity (Wildman–Crippen MR) is 51.8 cm³/mol. The molecule has 6 heteroatoms. The van der Waals surface area contributed by atoms with Crippen molar-refractivity contribution in [2.24, 2.45) is 0 Å². The zero-order valence-corrected chi connectivity index (χ0v) is 8.00. The Morgan fingerprint density at radius 3 is 3.08 bits per heavy atom. The normalized spacial score (nSPS) is 23.5. The van der Waals surface area contributed by atoms with Crippen LogP contribution in [0.1, 0.15) is 12.8 Å². The topological polar surface area (TPSA) is 75.3 Å². The van der Waals surface area contributed by atoms with Gasteiger partial charge < -0.3 is 15.7 Å². The molecule has 1 atom stereocenters. The Morgan fingerprint density at radius 1 is 1.62 bits per heavy atom. The quantitative estimate of drug-likeness (QED) is 0.671. The fourth-order valence-electron chi connectivity index (χ4n) is 1.48. The van der Waals surface area contributed by atoms with Crippen LogP contribution in [-0.4, -0.2) is 33.7 Å². The SMILES string of the molecule is Nc1nsc(N2CCCC(O)C2)n1. The molecule has 0 bridgehead atoms. The summed E-state index contributed by atoms with van der Waals surface area (Å²) in [5.41, 5.74) is 5.42. The molecule has 3 N–H and O–H groups in total. The van der Waals surface area contributed by atoms with Crippen LogP contribution in [0.3, 0.4) is 0 Å². The Hall–Kier alpha value is -0.880. The fraction of sp³-hybridized carbons (Fsp3) is 0.714. The molecule has 0 radical (unpaired) electrons. The highest BCUT2D eigenvalue weighted by Crippen LogP contribution is 2.22. The molecule has 0 spiro atoms. The number of hydrogen-bond donors (Lipinski definition) is 2. The van der Waals surface area contributed by atoms with Crippen LogP contribution in [0.15, 0.2) is 0 Å². The third-order valence-electron chi connectivity index (χ3n) is 2.10. The van der Waals surface area contributed by atoms with Gasteiger partial charge in [0.15, 0.2) is 0 Å². The van der Waals surface area contributed by atoms with Crippen molar-refractivity contribution < 1.29 is 5.11 Å². The summed E-state index contributed by atoms with van der Waals surface area (Å²) in [7, 11) is 0. The van der Waals surface area contributed by atoms with Gasteiger partial charge >= 0.3 is 0 Å². The van der Waals surface area contributed by atoms with E-state index in [1.165, 1.54) is 11.5 Å². The minimum absolute atomic E-state index is 0.237. The minimum atomic E-state index is -0.237. The molecule has 0 saturated carbocycles. The highest BCUT2D eigenvalue weighted by molar-refractivity contribution is 7.09. The van der Waals surface area contributed by atoms with E-state index >= 15 is 0 Å². The number of hydrogen-bond acceptors (Lipinski definition) is 6. The average molecular weight is 200 g/mol. The third kappa shape index (κ3) is 1.89. The lowest BCUT2D eigenvalue weighted by Crippen LogP contribution is -2.38. The molecule has 1 fully saturated rings. The Labute approximate surface area is 80.4 Å². The number of nitrogens with zero attached hydrogens (tertiary/aromatic N) is 3. The van der Waals surface area contributed by atoms with Gasteiger partial charge in [-0.05, 0) is 12.8 Å². The van der Waals surface area contributed by atoms with Crippen molar-refractivity contribution in [2.45, 2.75) is 18.9 Å². The summed E-state index contributed by atoms with van der Waals surface area (Å²) in [6.45, 7) is 1.58. The van der Waals surface area contributed by atoms with E-state index in [9.17, 15) is 5.11 Å². The van der Waals surface area contributed by atoms with Crippen molar-refractivity contribution in [3.8, 4) is 0 Å². The minimum Gasteiger partial charge on any atom is -0.391 e. The Kier molecular flexibility index (Phi) is 2.32. The number of nitrogens with two attached hydrogens (primary N) is 1. The number of aliphatic hydroxyl groups is 1. The molecular weight excluding hydrogens is 188 g/mol. The Balaban J connectivity index is 2.08. The molecule has 0 aliphatic carbocycles. The summed E-state index contributed by atoms with van der Waals surface area (Å²) < 4.78 is 3.90. The molecule has 1 aliphatic heterocycles. The Bertz CT molecular complexity index is 290. The second kappa shape index (κ2) is 3.47. The van der Waals surface area contributed by atoms with Gasteiger partial charge in [0.25, 0.3) is 0 Å². The molecule has 0 aromatic carbocycles. The maximum atomic E-state index is 9.43. The molecule has 1 unspecified atom stereocenters. The standard InChI is InChI=1S/C7H12N4OS/c8-6-9-7(13-10-6)11-3-1-2-5(12)4-11/h5,12H,1-4H2,(H2,8,10). The van der Waals surface area contributed by atoms with Crippen LogP contribution in [0.4, 0.5) is 11.1 Å². The average Bonchev–Trinajstić information content (AvgIpc) is 2.52. The van der Waals surface area contributed by atoms with Gasteiger partial charge in [-0.2, -0.15) is 9.36 Å². The van der Waals surface area contributed by atoms with E-state index in [0.29, 0.717) is 12.5 Å². The predicted octanol–water partition coefficient (Wildman–Crippen LogP) is 0.0814. The van der Waals surface area contributed by atoms with Crippen molar-refractivity contribution in [3.05, 3.63) is 0 Å². The van der Waals surface area contributed by atoms with Gasteiger partial charge in [0, 0.05) is 24.6 Å². The number of aliphatic hydroxyl groups excluding tert-OH is 1. The van der Waals surface area contributed by atoms with Crippen molar-refractivity contribution >= 4 is 22.6 Å². The monoisotopic (exact) mass is 200 g/mol. The van der Waals surface area contributed by atoms with Crippen molar-refractivity contribution in [1.82, 2.24) is 9.36 Å². The second-order valence-corrected chi connectivity index (χ2v) is 3.91. The number of rotatable bonds is 1. The van der Waals surface area contributed by atoms with E-state index < -0.39 is 0 Å². The maximum Gasteiger partial charge on any atom is 0.233 e. The summed E-state index contributed by atoms with van der Waals surface area (Å²) in [4.78, 5) is 6.10. The van der Waals surface area contributed by atoms with Crippen LogP contribution in [0.25, 0.3) is 0 Å². The fourth-order valence-corrected chi connectivity index (χ4v) is 2.11. The van der Waals surface area contributed by atoms with Gasteiger partial charge in [-0.1, -0.05) is 0 Å². The summed E-state index contributed by atoms with van der Waals surface area (Å²) in [5.74, 6) is 0.320. The third-order valence-corrected chi connectivity index (χ3v) is 2.89. The lowest BCUT2D eigenvalue weighted by molar-refractivity contribution is 0.154. The first-order valence-electron chi connectivity index (χ1n) is 4.28. The molecule has 0 amide bonds. The first-order chi connectivity index (χ1) is 6.25. The van der Waals surface area contributed by atoms with E-state index in [2.05, 4.69) is 9.36 Å². The molecule has 2 rings (SSSR count). The van der Waals surface area contributed by atoms with Crippen LogP contribution in [0, 0.1) is 0 Å². The number of nitrogen functional groups attached to an aromatic ring is 1. The first-order valence-corrected chi connectivity index (χ1v) is 5.05. The second-order valence-electron chi connectivity index (χ2n) is 3.18. The van der Waals surface area contributed by atoms with E-state index in [1.807, 2.05) is 4.90 Å². The lowest BCUT2D eigenvalue weighted by Gasteiger charge is -2.29. The molecule has 1 aromatic rings. The molecule has 5 nitrogen and oxygen atoms in total. The molecule has 2 heterocycles. The van der Waals surface area contributed by atoms with Crippen LogP contribution in [0.5, 0.6) is 0 Å². The number of β-amino-alcohol motifs (C(OH)–C–C–N with tert-alkyl or cyclic N) is 1. The van der Waals surface area contributed by atoms with Gasteiger partial charge in [0.1, 0.15) is 0 Å². The Morgan fingerprint density at radius 2 is 2.46 bits per heavy atom. The molecule has 72 valence electrons. The molecule has 1 saturated heterocycles. The van der Waals surface area contributed by atoms with Crippen LogP contribution < -0.4 is 10.6 Å². The summed E-state index contributed by atoms with van der Waals surface area (Å²) >= 11 is 1.29. The molecular formula is C7H12N4OS. The highest BCUT2D eigenvalue weighted by atomic mass is 32.1. The van der Waals surface area contributed by atoms with Crippen molar-refractivity contribution in [3.63, 3.8) is 0 Å². The molecule has 1 aliphatic rings. The summed E-state index contributed by atoms with van der Waals surface area (Å²) in [6, 6.07) is 0.